The number of carbonyl (C=O) groups excluding carboxylic acids is 1. The van der Waals surface area contributed by atoms with Crippen molar-refractivity contribution in [2.75, 3.05) is 7.05 Å². The largest absolute Gasteiger partial charge is 0.339 e. The van der Waals surface area contributed by atoms with E-state index in [1.165, 1.54) is 19.1 Å². The van der Waals surface area contributed by atoms with Crippen LogP contribution in [-0.4, -0.2) is 17.9 Å². The molecular weight excluding hydrogens is 181 g/mol. The van der Waals surface area contributed by atoms with Crippen molar-refractivity contribution in [3.63, 3.8) is 0 Å². The maximum Gasteiger partial charge on any atom is 0.219 e. The lowest BCUT2D eigenvalue weighted by Crippen LogP contribution is -2.27. The van der Waals surface area contributed by atoms with Crippen molar-refractivity contribution in [2.45, 2.75) is 19.9 Å². The summed E-state index contributed by atoms with van der Waals surface area (Å²) in [6.07, 6.45) is 0. The second-order valence-corrected chi connectivity index (χ2v) is 3.36. The second-order valence-electron chi connectivity index (χ2n) is 3.36. The van der Waals surface area contributed by atoms with Crippen molar-refractivity contribution >= 4 is 5.91 Å². The van der Waals surface area contributed by atoms with Crippen molar-refractivity contribution in [3.05, 3.63) is 35.6 Å². The molecule has 1 aromatic carbocycles. The summed E-state index contributed by atoms with van der Waals surface area (Å²) in [4.78, 5) is 12.7. The van der Waals surface area contributed by atoms with Gasteiger partial charge in [-0.15, -0.1) is 0 Å². The number of hydrogen-bond donors (Lipinski definition) is 0. The molecule has 1 rings (SSSR count). The zero-order valence-corrected chi connectivity index (χ0v) is 8.62. The molecule has 1 unspecified atom stereocenters. The van der Waals surface area contributed by atoms with Crippen molar-refractivity contribution in [1.29, 1.82) is 0 Å². The Balaban J connectivity index is 2.84. The Bertz CT molecular complexity index is 321. The highest BCUT2D eigenvalue weighted by Gasteiger charge is 2.13. The van der Waals surface area contributed by atoms with E-state index in [9.17, 15) is 9.18 Å². The summed E-state index contributed by atoms with van der Waals surface area (Å²) >= 11 is 0. The van der Waals surface area contributed by atoms with E-state index in [0.717, 1.165) is 5.56 Å². The molecule has 1 amide bonds. The number of hydrogen-bond acceptors (Lipinski definition) is 1. The smallest absolute Gasteiger partial charge is 0.219 e. The average molecular weight is 195 g/mol. The van der Waals surface area contributed by atoms with Gasteiger partial charge in [0.1, 0.15) is 5.82 Å². The molecule has 0 aliphatic carbocycles. The molecule has 1 aromatic rings. The molecule has 0 heterocycles. The molecule has 0 aliphatic heterocycles. The third-order valence-electron chi connectivity index (χ3n) is 2.43. The topological polar surface area (TPSA) is 20.3 Å². The van der Waals surface area contributed by atoms with Gasteiger partial charge in [0, 0.05) is 14.0 Å². The first kappa shape index (κ1) is 10.7. The minimum absolute atomic E-state index is 0.00169. The minimum Gasteiger partial charge on any atom is -0.339 e. The SMILES string of the molecule is CC(=O)N(C)C(C)c1ccc(F)cc1. The van der Waals surface area contributed by atoms with Crippen LogP contribution >= 0.6 is 0 Å². The van der Waals surface area contributed by atoms with E-state index in [-0.39, 0.29) is 17.8 Å². The molecule has 76 valence electrons. The van der Waals surface area contributed by atoms with Gasteiger partial charge in [0.2, 0.25) is 5.91 Å². The first-order valence-corrected chi connectivity index (χ1v) is 4.51. The minimum atomic E-state index is -0.258. The molecule has 1 atom stereocenters. The lowest BCUT2D eigenvalue weighted by Gasteiger charge is -2.23. The van der Waals surface area contributed by atoms with Crippen LogP contribution in [0.1, 0.15) is 25.5 Å². The molecule has 3 heteroatoms. The fourth-order valence-corrected chi connectivity index (χ4v) is 1.24. The van der Waals surface area contributed by atoms with Crippen molar-refractivity contribution in [2.24, 2.45) is 0 Å². The lowest BCUT2D eigenvalue weighted by molar-refractivity contribution is -0.129. The van der Waals surface area contributed by atoms with E-state index in [2.05, 4.69) is 0 Å². The Morgan fingerprint density at radius 1 is 1.36 bits per heavy atom. The van der Waals surface area contributed by atoms with Crippen LogP contribution in [0.25, 0.3) is 0 Å². The Morgan fingerprint density at radius 3 is 2.29 bits per heavy atom. The standard InChI is InChI=1S/C11H14FNO/c1-8(13(3)9(2)14)10-4-6-11(12)7-5-10/h4-8H,1-3H3. The number of amides is 1. The van der Waals surface area contributed by atoms with Crippen molar-refractivity contribution in [3.8, 4) is 0 Å². The number of halogens is 1. The molecule has 0 bridgehead atoms. The van der Waals surface area contributed by atoms with Crippen LogP contribution in [0.4, 0.5) is 4.39 Å². The zero-order valence-electron chi connectivity index (χ0n) is 8.62. The molecule has 0 fully saturated rings. The molecule has 0 saturated carbocycles. The quantitative estimate of drug-likeness (QED) is 0.709. The van der Waals surface area contributed by atoms with Crippen molar-refractivity contribution in [1.82, 2.24) is 4.90 Å². The van der Waals surface area contributed by atoms with Gasteiger partial charge >= 0.3 is 0 Å². The van der Waals surface area contributed by atoms with Gasteiger partial charge in [0.05, 0.1) is 6.04 Å². The van der Waals surface area contributed by atoms with Gasteiger partial charge in [-0.05, 0) is 24.6 Å². The number of nitrogens with zero attached hydrogens (tertiary/aromatic N) is 1. The molecule has 0 saturated heterocycles. The maximum absolute atomic E-state index is 12.6. The predicted octanol–water partition coefficient (Wildman–Crippen LogP) is 2.37. The molecule has 0 N–H and O–H groups in total. The normalized spacial score (nSPS) is 12.3. The molecule has 0 spiro atoms. The van der Waals surface area contributed by atoms with Crippen LogP contribution in [0.15, 0.2) is 24.3 Å². The van der Waals surface area contributed by atoms with Gasteiger partial charge in [-0.1, -0.05) is 12.1 Å². The van der Waals surface area contributed by atoms with Gasteiger partial charge in [0.25, 0.3) is 0 Å². The monoisotopic (exact) mass is 195 g/mol. The Labute approximate surface area is 83.3 Å². The maximum atomic E-state index is 12.6. The number of benzene rings is 1. The van der Waals surface area contributed by atoms with Crippen LogP contribution < -0.4 is 0 Å². The second kappa shape index (κ2) is 4.22. The van der Waals surface area contributed by atoms with E-state index in [0.29, 0.717) is 0 Å². The Hall–Kier alpha value is -1.38. The van der Waals surface area contributed by atoms with Crippen LogP contribution in [-0.2, 0) is 4.79 Å². The van der Waals surface area contributed by atoms with Crippen molar-refractivity contribution < 1.29 is 9.18 Å². The summed E-state index contributed by atoms with van der Waals surface area (Å²) < 4.78 is 12.6. The highest BCUT2D eigenvalue weighted by Crippen LogP contribution is 2.18. The summed E-state index contributed by atoms with van der Waals surface area (Å²) in [7, 11) is 1.73. The Morgan fingerprint density at radius 2 is 1.86 bits per heavy atom. The summed E-state index contributed by atoms with van der Waals surface area (Å²) in [6.45, 7) is 3.43. The summed E-state index contributed by atoms with van der Waals surface area (Å²) in [6, 6.07) is 6.17. The molecule has 0 aromatic heterocycles. The van der Waals surface area contributed by atoms with E-state index >= 15 is 0 Å². The molecule has 0 aliphatic rings. The van der Waals surface area contributed by atoms with Crippen LogP contribution in [0.3, 0.4) is 0 Å². The third-order valence-corrected chi connectivity index (χ3v) is 2.43. The summed E-state index contributed by atoms with van der Waals surface area (Å²) in [5.74, 6) is -0.256. The fraction of sp³-hybridized carbons (Fsp3) is 0.364. The van der Waals surface area contributed by atoms with Gasteiger partial charge in [-0.3, -0.25) is 4.79 Å². The highest BCUT2D eigenvalue weighted by atomic mass is 19.1. The first-order chi connectivity index (χ1) is 6.52. The molecule has 0 radical (unpaired) electrons. The van der Waals surface area contributed by atoms with E-state index in [1.54, 1.807) is 24.1 Å². The van der Waals surface area contributed by atoms with E-state index in [4.69, 9.17) is 0 Å². The van der Waals surface area contributed by atoms with E-state index < -0.39 is 0 Å². The Kier molecular flexibility index (Phi) is 3.23. The molecule has 2 nitrogen and oxygen atoms in total. The number of rotatable bonds is 2. The summed E-state index contributed by atoms with van der Waals surface area (Å²) in [5.41, 5.74) is 0.934. The predicted molar refractivity (Wildman–Crippen MR) is 53.3 cm³/mol. The fourth-order valence-electron chi connectivity index (χ4n) is 1.24. The molecule has 14 heavy (non-hydrogen) atoms. The van der Waals surface area contributed by atoms with Crippen LogP contribution in [0.5, 0.6) is 0 Å². The average Bonchev–Trinajstić information content (AvgIpc) is 2.16. The van der Waals surface area contributed by atoms with Gasteiger partial charge in [0.15, 0.2) is 0 Å². The highest BCUT2D eigenvalue weighted by molar-refractivity contribution is 5.73. The van der Waals surface area contributed by atoms with Gasteiger partial charge < -0.3 is 4.90 Å². The van der Waals surface area contributed by atoms with E-state index in [1.807, 2.05) is 6.92 Å². The third kappa shape index (κ3) is 2.31. The van der Waals surface area contributed by atoms with Gasteiger partial charge in [-0.2, -0.15) is 0 Å². The van der Waals surface area contributed by atoms with Crippen LogP contribution in [0.2, 0.25) is 0 Å². The van der Waals surface area contributed by atoms with Gasteiger partial charge in [-0.25, -0.2) is 4.39 Å². The summed E-state index contributed by atoms with van der Waals surface area (Å²) in [5, 5.41) is 0. The first-order valence-electron chi connectivity index (χ1n) is 4.51. The van der Waals surface area contributed by atoms with Crippen LogP contribution in [0, 0.1) is 5.82 Å². The lowest BCUT2D eigenvalue weighted by atomic mass is 10.1. The molecular formula is C11H14FNO. The number of carbonyl (C=O) groups is 1. The zero-order chi connectivity index (χ0) is 10.7.